The van der Waals surface area contributed by atoms with Gasteiger partial charge < -0.3 is 5.32 Å². The Labute approximate surface area is 148 Å². The zero-order chi connectivity index (χ0) is 16.6. The Morgan fingerprint density at radius 1 is 0.840 bits per heavy atom. The normalized spacial score (nSPS) is 23.1. The summed E-state index contributed by atoms with van der Waals surface area (Å²) in [5.41, 5.74) is 7.45. The van der Waals surface area contributed by atoms with Crippen molar-refractivity contribution in [2.75, 3.05) is 6.54 Å². The number of hydrogen-bond acceptors (Lipinski definition) is 2. The molecule has 1 heterocycles. The zero-order valence-corrected chi connectivity index (χ0v) is 14.2. The van der Waals surface area contributed by atoms with Crippen LogP contribution in [-0.2, 0) is 6.54 Å². The van der Waals surface area contributed by atoms with Gasteiger partial charge in [0.1, 0.15) is 0 Å². The van der Waals surface area contributed by atoms with Crippen molar-refractivity contribution in [2.24, 2.45) is 5.92 Å². The molecule has 124 valence electrons. The van der Waals surface area contributed by atoms with Gasteiger partial charge in [-0.2, -0.15) is 0 Å². The van der Waals surface area contributed by atoms with Gasteiger partial charge in [0.15, 0.2) is 0 Å². The second-order valence-corrected chi connectivity index (χ2v) is 7.28. The van der Waals surface area contributed by atoms with Crippen LogP contribution in [0.4, 0.5) is 0 Å². The summed E-state index contributed by atoms with van der Waals surface area (Å²) < 4.78 is 0. The van der Waals surface area contributed by atoms with Gasteiger partial charge in [0.2, 0.25) is 0 Å². The lowest BCUT2D eigenvalue weighted by Crippen LogP contribution is -2.37. The van der Waals surface area contributed by atoms with Crippen LogP contribution in [0.3, 0.4) is 0 Å². The minimum Gasteiger partial charge on any atom is -0.312 e. The molecule has 1 atom stereocenters. The monoisotopic (exact) mass is 326 g/mol. The topological polar surface area (TPSA) is 24.9 Å². The third-order valence-corrected chi connectivity index (χ3v) is 5.88. The molecule has 1 aromatic heterocycles. The summed E-state index contributed by atoms with van der Waals surface area (Å²) in [6, 6.07) is 22.3. The number of nitrogens with one attached hydrogen (secondary N) is 1. The van der Waals surface area contributed by atoms with Crippen molar-refractivity contribution in [3.05, 3.63) is 101 Å². The molecule has 6 rings (SSSR count). The van der Waals surface area contributed by atoms with E-state index in [0.29, 0.717) is 17.8 Å². The first kappa shape index (κ1) is 14.9. The van der Waals surface area contributed by atoms with Crippen LogP contribution in [0.1, 0.15) is 46.1 Å². The van der Waals surface area contributed by atoms with Gasteiger partial charge in [-0.3, -0.25) is 4.98 Å². The van der Waals surface area contributed by atoms with Crippen LogP contribution in [-0.4, -0.2) is 11.5 Å². The standard InChI is InChI=1S/C23H22N2/c1-3-9-20-18(7-1)22-12-17(15-25-14-16-6-5-11-24-13-16)23(20)21-10-4-2-8-19(21)22/h1-11,13,17,22-23,25H,12,14-15H2. The van der Waals surface area contributed by atoms with E-state index in [1.165, 1.54) is 12.0 Å². The Hall–Kier alpha value is -2.45. The van der Waals surface area contributed by atoms with E-state index in [-0.39, 0.29) is 0 Å². The largest absolute Gasteiger partial charge is 0.312 e. The van der Waals surface area contributed by atoms with Crippen LogP contribution in [0.25, 0.3) is 0 Å². The summed E-state index contributed by atoms with van der Waals surface area (Å²) in [4.78, 5) is 4.21. The Bertz CT molecular complexity index is 840. The van der Waals surface area contributed by atoms with E-state index in [9.17, 15) is 0 Å². The quantitative estimate of drug-likeness (QED) is 0.765. The molecule has 1 unspecified atom stereocenters. The number of fused-ring (bicyclic) bond motifs is 1. The van der Waals surface area contributed by atoms with Crippen molar-refractivity contribution in [1.82, 2.24) is 10.3 Å². The molecule has 1 N–H and O–H groups in total. The Kier molecular flexibility index (Phi) is 3.64. The fourth-order valence-corrected chi connectivity index (χ4v) is 4.86. The smallest absolute Gasteiger partial charge is 0.0312 e. The van der Waals surface area contributed by atoms with Gasteiger partial charge in [-0.15, -0.1) is 0 Å². The van der Waals surface area contributed by atoms with Crippen molar-refractivity contribution >= 4 is 0 Å². The fraction of sp³-hybridized carbons (Fsp3) is 0.261. The average molecular weight is 326 g/mol. The van der Waals surface area contributed by atoms with Crippen molar-refractivity contribution in [2.45, 2.75) is 24.8 Å². The molecule has 3 aliphatic rings. The van der Waals surface area contributed by atoms with Crippen LogP contribution >= 0.6 is 0 Å². The highest BCUT2D eigenvalue weighted by atomic mass is 14.9. The van der Waals surface area contributed by atoms with E-state index in [1.54, 1.807) is 22.3 Å². The molecule has 2 heteroatoms. The van der Waals surface area contributed by atoms with Gasteiger partial charge in [0, 0.05) is 30.8 Å². The van der Waals surface area contributed by atoms with Gasteiger partial charge in [0.25, 0.3) is 0 Å². The maximum Gasteiger partial charge on any atom is 0.0312 e. The summed E-state index contributed by atoms with van der Waals surface area (Å²) in [6.07, 6.45) is 5.03. The van der Waals surface area contributed by atoms with Crippen molar-refractivity contribution in [1.29, 1.82) is 0 Å². The highest BCUT2D eigenvalue weighted by Crippen LogP contribution is 2.55. The summed E-state index contributed by atoms with van der Waals surface area (Å²) in [6.45, 7) is 1.95. The molecular formula is C23H22N2. The lowest BCUT2D eigenvalue weighted by molar-refractivity contribution is 0.339. The van der Waals surface area contributed by atoms with Crippen molar-refractivity contribution in [3.8, 4) is 0 Å². The first-order chi connectivity index (χ1) is 12.4. The van der Waals surface area contributed by atoms with Gasteiger partial charge >= 0.3 is 0 Å². The predicted molar refractivity (Wildman–Crippen MR) is 101 cm³/mol. The third kappa shape index (κ3) is 2.49. The van der Waals surface area contributed by atoms with Crippen LogP contribution < -0.4 is 5.32 Å². The van der Waals surface area contributed by atoms with Crippen LogP contribution in [0.2, 0.25) is 0 Å². The van der Waals surface area contributed by atoms with E-state index in [4.69, 9.17) is 0 Å². The molecule has 2 aromatic carbocycles. The molecule has 25 heavy (non-hydrogen) atoms. The summed E-state index contributed by atoms with van der Waals surface area (Å²) in [7, 11) is 0. The predicted octanol–water partition coefficient (Wildman–Crippen LogP) is 4.47. The average Bonchev–Trinajstić information content (AvgIpc) is 2.69. The Morgan fingerprint density at radius 2 is 1.52 bits per heavy atom. The third-order valence-electron chi connectivity index (χ3n) is 5.88. The summed E-state index contributed by atoms with van der Waals surface area (Å²) >= 11 is 0. The maximum absolute atomic E-state index is 4.21. The molecular weight excluding hydrogens is 304 g/mol. The summed E-state index contributed by atoms with van der Waals surface area (Å²) in [5.74, 6) is 1.74. The van der Waals surface area contributed by atoms with Crippen LogP contribution in [0, 0.1) is 5.92 Å². The summed E-state index contributed by atoms with van der Waals surface area (Å²) in [5, 5.41) is 3.68. The zero-order valence-electron chi connectivity index (χ0n) is 14.2. The van der Waals surface area contributed by atoms with Crippen LogP contribution in [0.15, 0.2) is 73.1 Å². The fourth-order valence-electron chi connectivity index (χ4n) is 4.86. The van der Waals surface area contributed by atoms with Gasteiger partial charge in [-0.1, -0.05) is 54.6 Å². The highest BCUT2D eigenvalue weighted by molar-refractivity contribution is 5.55. The number of pyridine rings is 1. The molecule has 0 saturated carbocycles. The van der Waals surface area contributed by atoms with E-state index in [1.807, 2.05) is 18.5 Å². The Morgan fingerprint density at radius 3 is 2.16 bits per heavy atom. The van der Waals surface area contributed by atoms with Gasteiger partial charge in [-0.25, -0.2) is 0 Å². The van der Waals surface area contributed by atoms with E-state index < -0.39 is 0 Å². The first-order valence-corrected chi connectivity index (χ1v) is 9.19. The molecule has 0 amide bonds. The molecule has 2 bridgehead atoms. The van der Waals surface area contributed by atoms with Crippen molar-refractivity contribution < 1.29 is 0 Å². The van der Waals surface area contributed by atoms with E-state index in [2.05, 4.69) is 64.9 Å². The molecule has 0 aliphatic heterocycles. The second-order valence-electron chi connectivity index (χ2n) is 7.28. The molecule has 0 radical (unpaired) electrons. The highest BCUT2D eigenvalue weighted by Gasteiger charge is 2.42. The number of nitrogens with zero attached hydrogens (tertiary/aromatic N) is 1. The first-order valence-electron chi connectivity index (χ1n) is 9.19. The van der Waals surface area contributed by atoms with Gasteiger partial charge in [0.05, 0.1) is 0 Å². The molecule has 0 spiro atoms. The minimum absolute atomic E-state index is 0.527. The SMILES string of the molecule is c1cncc(CNCC2CC3c4ccccc4C2c2ccccc23)c1. The van der Waals surface area contributed by atoms with Gasteiger partial charge in [-0.05, 0) is 52.8 Å². The van der Waals surface area contributed by atoms with Crippen molar-refractivity contribution in [3.63, 3.8) is 0 Å². The van der Waals surface area contributed by atoms with E-state index in [0.717, 1.165) is 13.1 Å². The molecule has 2 nitrogen and oxygen atoms in total. The number of hydrogen-bond donors (Lipinski definition) is 1. The Balaban J connectivity index is 1.42. The minimum atomic E-state index is 0.527. The number of benzene rings is 2. The van der Waals surface area contributed by atoms with E-state index >= 15 is 0 Å². The number of aromatic nitrogens is 1. The molecule has 0 saturated heterocycles. The van der Waals surface area contributed by atoms with Crippen LogP contribution in [0.5, 0.6) is 0 Å². The molecule has 0 fully saturated rings. The lowest BCUT2D eigenvalue weighted by atomic mass is 9.59. The number of rotatable bonds is 4. The lowest BCUT2D eigenvalue weighted by Gasteiger charge is -2.45. The maximum atomic E-state index is 4.21. The molecule has 3 aliphatic carbocycles. The second kappa shape index (κ2) is 6.12. The molecule has 3 aromatic rings.